The van der Waals surface area contributed by atoms with Gasteiger partial charge in [0.05, 0.1) is 22.7 Å². The minimum Gasteiger partial charge on any atom is -0.388 e. The normalized spacial score (nSPS) is 18.0. The van der Waals surface area contributed by atoms with E-state index >= 15 is 0 Å². The number of hydrogen-bond donors (Lipinski definition) is 1. The highest BCUT2D eigenvalue weighted by Crippen LogP contribution is 2.30. The molecule has 1 amide bonds. The van der Waals surface area contributed by atoms with Crippen LogP contribution in [-0.2, 0) is 16.6 Å². The fourth-order valence-electron chi connectivity index (χ4n) is 2.74. The van der Waals surface area contributed by atoms with Gasteiger partial charge in [-0.25, -0.2) is 4.98 Å². The Kier molecular flexibility index (Phi) is 4.73. The molecular formula is C16H26N2O2S. The second-order valence-electron chi connectivity index (χ2n) is 7.25. The molecule has 1 fully saturated rings. The second-order valence-corrected chi connectivity index (χ2v) is 8.11. The van der Waals surface area contributed by atoms with E-state index in [1.807, 2.05) is 5.38 Å². The summed E-state index contributed by atoms with van der Waals surface area (Å²) in [5, 5.41) is 13.4. The van der Waals surface area contributed by atoms with Gasteiger partial charge in [-0.2, -0.15) is 0 Å². The van der Waals surface area contributed by atoms with Gasteiger partial charge in [-0.15, -0.1) is 11.3 Å². The molecule has 21 heavy (non-hydrogen) atoms. The molecule has 0 bridgehead atoms. The molecule has 2 rings (SSSR count). The van der Waals surface area contributed by atoms with Crippen LogP contribution < -0.4 is 0 Å². The number of aliphatic hydroxyl groups is 1. The first-order chi connectivity index (χ1) is 9.70. The highest BCUT2D eigenvalue weighted by atomic mass is 32.1. The van der Waals surface area contributed by atoms with Crippen molar-refractivity contribution in [2.75, 3.05) is 13.6 Å². The summed E-state index contributed by atoms with van der Waals surface area (Å²) in [6.45, 7) is 6.81. The van der Waals surface area contributed by atoms with Crippen molar-refractivity contribution in [3.8, 4) is 0 Å². The maximum Gasteiger partial charge on any atom is 0.228 e. The SMILES string of the molecule is CN(CC1(O)CCCC1)C(=O)Cc1csc(C(C)(C)C)n1. The third kappa shape index (κ3) is 4.27. The van der Waals surface area contributed by atoms with Crippen LogP contribution in [0.1, 0.15) is 57.2 Å². The molecular weight excluding hydrogens is 284 g/mol. The van der Waals surface area contributed by atoms with Gasteiger partial charge in [-0.3, -0.25) is 4.79 Å². The summed E-state index contributed by atoms with van der Waals surface area (Å²) in [6.07, 6.45) is 4.03. The van der Waals surface area contributed by atoms with Gasteiger partial charge < -0.3 is 10.0 Å². The lowest BCUT2D eigenvalue weighted by Crippen LogP contribution is -2.42. The van der Waals surface area contributed by atoms with E-state index in [2.05, 4.69) is 25.8 Å². The molecule has 0 aromatic carbocycles. The number of hydrogen-bond acceptors (Lipinski definition) is 4. The molecule has 1 aromatic rings. The second kappa shape index (κ2) is 6.05. The topological polar surface area (TPSA) is 53.4 Å². The molecule has 1 saturated carbocycles. The van der Waals surface area contributed by atoms with E-state index in [1.165, 1.54) is 0 Å². The zero-order valence-electron chi connectivity index (χ0n) is 13.5. The average Bonchev–Trinajstić information content (AvgIpc) is 2.97. The zero-order valence-corrected chi connectivity index (χ0v) is 14.3. The van der Waals surface area contributed by atoms with Crippen molar-refractivity contribution in [2.24, 2.45) is 0 Å². The minimum atomic E-state index is -0.678. The van der Waals surface area contributed by atoms with E-state index in [9.17, 15) is 9.90 Å². The molecule has 5 heteroatoms. The molecule has 0 aliphatic heterocycles. The summed E-state index contributed by atoms with van der Waals surface area (Å²) < 4.78 is 0. The van der Waals surface area contributed by atoms with Crippen LogP contribution in [0.15, 0.2) is 5.38 Å². The fraction of sp³-hybridized carbons (Fsp3) is 0.750. The number of thiazole rings is 1. The van der Waals surface area contributed by atoms with Crippen molar-refractivity contribution in [3.05, 3.63) is 16.1 Å². The minimum absolute atomic E-state index is 0.0247. The largest absolute Gasteiger partial charge is 0.388 e. The lowest BCUT2D eigenvalue weighted by atomic mass is 9.98. The van der Waals surface area contributed by atoms with E-state index in [1.54, 1.807) is 23.3 Å². The zero-order chi connectivity index (χ0) is 15.7. The van der Waals surface area contributed by atoms with Crippen LogP contribution >= 0.6 is 11.3 Å². The number of amides is 1. The molecule has 1 N–H and O–H groups in total. The van der Waals surface area contributed by atoms with Gasteiger partial charge in [0.2, 0.25) is 5.91 Å². The summed E-state index contributed by atoms with van der Waals surface area (Å²) in [6, 6.07) is 0. The van der Waals surface area contributed by atoms with Gasteiger partial charge in [-0.05, 0) is 12.8 Å². The van der Waals surface area contributed by atoms with Gasteiger partial charge in [-0.1, -0.05) is 33.6 Å². The van der Waals surface area contributed by atoms with Gasteiger partial charge >= 0.3 is 0 Å². The number of carbonyl (C=O) groups is 1. The Morgan fingerprint density at radius 1 is 1.43 bits per heavy atom. The lowest BCUT2D eigenvalue weighted by molar-refractivity contribution is -0.132. The number of likely N-dealkylation sites (N-methyl/N-ethyl adjacent to an activating group) is 1. The van der Waals surface area contributed by atoms with Gasteiger partial charge in [0.15, 0.2) is 0 Å². The molecule has 1 aliphatic rings. The number of carbonyl (C=O) groups excluding carboxylic acids is 1. The van der Waals surface area contributed by atoms with Crippen LogP contribution in [0.5, 0.6) is 0 Å². The van der Waals surface area contributed by atoms with Crippen molar-refractivity contribution >= 4 is 17.2 Å². The molecule has 1 aromatic heterocycles. The van der Waals surface area contributed by atoms with E-state index in [0.29, 0.717) is 13.0 Å². The quantitative estimate of drug-likeness (QED) is 0.930. The predicted molar refractivity (Wildman–Crippen MR) is 85.6 cm³/mol. The van der Waals surface area contributed by atoms with Crippen molar-refractivity contribution in [2.45, 2.75) is 63.9 Å². The van der Waals surface area contributed by atoms with E-state index in [-0.39, 0.29) is 11.3 Å². The third-order valence-corrected chi connectivity index (χ3v) is 5.33. The molecule has 0 spiro atoms. The maximum absolute atomic E-state index is 12.3. The van der Waals surface area contributed by atoms with Crippen molar-refractivity contribution < 1.29 is 9.90 Å². The van der Waals surface area contributed by atoms with Crippen molar-refractivity contribution in [3.63, 3.8) is 0 Å². The Balaban J connectivity index is 1.93. The van der Waals surface area contributed by atoms with Crippen LogP contribution in [0.2, 0.25) is 0 Å². The molecule has 1 heterocycles. The highest BCUT2D eigenvalue weighted by molar-refractivity contribution is 7.09. The Bertz CT molecular complexity index is 499. The first kappa shape index (κ1) is 16.4. The fourth-order valence-corrected chi connectivity index (χ4v) is 3.65. The van der Waals surface area contributed by atoms with Gasteiger partial charge in [0.25, 0.3) is 0 Å². The Morgan fingerprint density at radius 3 is 2.57 bits per heavy atom. The highest BCUT2D eigenvalue weighted by Gasteiger charge is 2.33. The Hall–Kier alpha value is -0.940. The van der Waals surface area contributed by atoms with Crippen LogP contribution in [0, 0.1) is 0 Å². The first-order valence-corrected chi connectivity index (χ1v) is 8.49. The summed E-state index contributed by atoms with van der Waals surface area (Å²) >= 11 is 1.61. The van der Waals surface area contributed by atoms with Crippen molar-refractivity contribution in [1.29, 1.82) is 0 Å². The molecule has 0 saturated heterocycles. The first-order valence-electron chi connectivity index (χ1n) is 7.61. The van der Waals surface area contributed by atoms with E-state index in [4.69, 9.17) is 0 Å². The summed E-state index contributed by atoms with van der Waals surface area (Å²) in [7, 11) is 1.77. The Morgan fingerprint density at radius 2 is 2.05 bits per heavy atom. The monoisotopic (exact) mass is 310 g/mol. The molecule has 4 nitrogen and oxygen atoms in total. The molecule has 0 atom stereocenters. The van der Waals surface area contributed by atoms with E-state index < -0.39 is 5.60 Å². The Labute approximate surface area is 131 Å². The molecule has 1 aliphatic carbocycles. The molecule has 0 unspecified atom stereocenters. The molecule has 118 valence electrons. The maximum atomic E-state index is 12.3. The summed E-state index contributed by atoms with van der Waals surface area (Å²) in [5.74, 6) is 0.0288. The smallest absolute Gasteiger partial charge is 0.228 e. The van der Waals surface area contributed by atoms with Crippen LogP contribution in [-0.4, -0.2) is 40.1 Å². The number of rotatable bonds is 4. The number of aromatic nitrogens is 1. The van der Waals surface area contributed by atoms with Crippen LogP contribution in [0.4, 0.5) is 0 Å². The average molecular weight is 310 g/mol. The summed E-state index contributed by atoms with van der Waals surface area (Å²) in [4.78, 5) is 18.5. The predicted octanol–water partition coefficient (Wildman–Crippen LogP) is 2.75. The van der Waals surface area contributed by atoms with Crippen LogP contribution in [0.3, 0.4) is 0 Å². The number of nitrogens with zero attached hydrogens (tertiary/aromatic N) is 2. The third-order valence-electron chi connectivity index (χ3n) is 4.02. The van der Waals surface area contributed by atoms with E-state index in [0.717, 1.165) is 36.4 Å². The summed E-state index contributed by atoms with van der Waals surface area (Å²) in [5.41, 5.74) is 0.181. The lowest BCUT2D eigenvalue weighted by Gasteiger charge is -2.28. The van der Waals surface area contributed by atoms with Gasteiger partial charge in [0.1, 0.15) is 0 Å². The van der Waals surface area contributed by atoms with Gasteiger partial charge in [0, 0.05) is 24.4 Å². The van der Waals surface area contributed by atoms with Crippen molar-refractivity contribution in [1.82, 2.24) is 9.88 Å². The standard InChI is InChI=1S/C16H26N2O2S/c1-15(2,3)14-17-12(10-21-14)9-13(19)18(4)11-16(20)7-5-6-8-16/h10,20H,5-9,11H2,1-4H3. The van der Waals surface area contributed by atoms with Crippen LogP contribution in [0.25, 0.3) is 0 Å². The molecule has 0 radical (unpaired) electrons.